The van der Waals surface area contributed by atoms with Gasteiger partial charge in [-0.15, -0.1) is 6.58 Å². The maximum Gasteiger partial charge on any atom is 0.309 e. The zero-order valence-electron chi connectivity index (χ0n) is 19.7. The largest absolute Gasteiger partial charge is 0.493 e. The molecule has 3 atom stereocenters. The lowest BCUT2D eigenvalue weighted by molar-refractivity contribution is -0.160. The van der Waals surface area contributed by atoms with Crippen molar-refractivity contribution in [1.29, 1.82) is 0 Å². The number of carbonyl (C=O) groups is 3. The van der Waals surface area contributed by atoms with Gasteiger partial charge in [-0.2, -0.15) is 0 Å². The van der Waals surface area contributed by atoms with E-state index in [1.807, 2.05) is 0 Å². The van der Waals surface area contributed by atoms with Crippen LogP contribution in [0.2, 0.25) is 0 Å². The summed E-state index contributed by atoms with van der Waals surface area (Å²) in [5.74, 6) is -1.32. The van der Waals surface area contributed by atoms with Crippen molar-refractivity contribution in [3.63, 3.8) is 0 Å². The smallest absolute Gasteiger partial charge is 0.309 e. The van der Waals surface area contributed by atoms with E-state index >= 15 is 0 Å². The van der Waals surface area contributed by atoms with Crippen molar-refractivity contribution in [1.82, 2.24) is 4.98 Å². The standard InChI is InChI=1S/C24H33NO8/c1-6-7-20(30-13-18-8-9-18)16(3)33-24(28)15(2)12-19(27)22-23(32-14-31-17(4)26)21(29-5)10-11-25-22/h6,10-11,15-16,18,20H,1,7-9,12-14H2,2-5H3/t15-,16+,20-/m1/s1. The molecule has 0 amide bonds. The van der Waals surface area contributed by atoms with E-state index in [9.17, 15) is 14.4 Å². The lowest BCUT2D eigenvalue weighted by Gasteiger charge is -2.25. The second kappa shape index (κ2) is 12.9. The van der Waals surface area contributed by atoms with Gasteiger partial charge >= 0.3 is 11.9 Å². The summed E-state index contributed by atoms with van der Waals surface area (Å²) >= 11 is 0. The molecule has 1 saturated carbocycles. The van der Waals surface area contributed by atoms with Gasteiger partial charge in [-0.1, -0.05) is 13.0 Å². The number of hydrogen-bond acceptors (Lipinski definition) is 9. The minimum Gasteiger partial charge on any atom is -0.493 e. The predicted molar refractivity (Wildman–Crippen MR) is 119 cm³/mol. The lowest BCUT2D eigenvalue weighted by atomic mass is 10.0. The molecule has 0 bridgehead atoms. The third kappa shape index (κ3) is 8.49. The number of rotatable bonds is 15. The Morgan fingerprint density at radius 2 is 2.00 bits per heavy atom. The summed E-state index contributed by atoms with van der Waals surface area (Å²) in [6.45, 7) is 8.61. The van der Waals surface area contributed by atoms with Gasteiger partial charge in [0.25, 0.3) is 0 Å². The number of aromatic nitrogens is 1. The van der Waals surface area contributed by atoms with Crippen LogP contribution in [0.15, 0.2) is 24.9 Å². The summed E-state index contributed by atoms with van der Waals surface area (Å²) in [5.41, 5.74) is -0.0218. The molecule has 1 aliphatic carbocycles. The molecule has 1 fully saturated rings. The van der Waals surface area contributed by atoms with Gasteiger partial charge < -0.3 is 23.7 Å². The number of hydrogen-bond donors (Lipinski definition) is 0. The van der Waals surface area contributed by atoms with Crippen LogP contribution >= 0.6 is 0 Å². The number of nitrogens with zero attached hydrogens (tertiary/aromatic N) is 1. The highest BCUT2D eigenvalue weighted by Crippen LogP contribution is 2.31. The van der Waals surface area contributed by atoms with Crippen LogP contribution in [-0.4, -0.2) is 55.4 Å². The second-order valence-electron chi connectivity index (χ2n) is 8.10. The number of pyridine rings is 1. The topological polar surface area (TPSA) is 110 Å². The number of ketones is 1. The molecule has 2 rings (SSSR count). The van der Waals surface area contributed by atoms with Crippen LogP contribution in [0.1, 0.15) is 56.9 Å². The molecule has 0 aromatic carbocycles. The summed E-state index contributed by atoms with van der Waals surface area (Å²) in [7, 11) is 1.41. The van der Waals surface area contributed by atoms with Crippen molar-refractivity contribution >= 4 is 17.7 Å². The van der Waals surface area contributed by atoms with Crippen molar-refractivity contribution in [2.45, 2.75) is 58.7 Å². The Hall–Kier alpha value is -2.94. The van der Waals surface area contributed by atoms with E-state index in [-0.39, 0.29) is 29.7 Å². The minimum atomic E-state index is -0.720. The summed E-state index contributed by atoms with van der Waals surface area (Å²) < 4.78 is 26.9. The highest BCUT2D eigenvalue weighted by Gasteiger charge is 2.29. The van der Waals surface area contributed by atoms with Crippen molar-refractivity contribution in [2.24, 2.45) is 11.8 Å². The number of Topliss-reactive ketones (excluding diaryl/α,β-unsaturated/α-hetero) is 1. The van der Waals surface area contributed by atoms with Gasteiger partial charge in [-0.3, -0.25) is 14.4 Å². The summed E-state index contributed by atoms with van der Waals surface area (Å²) in [5, 5.41) is 0. The van der Waals surface area contributed by atoms with E-state index in [4.69, 9.17) is 23.7 Å². The number of methoxy groups -OCH3 is 1. The Balaban J connectivity index is 1.99. The van der Waals surface area contributed by atoms with E-state index in [2.05, 4.69) is 11.6 Å². The predicted octanol–water partition coefficient (Wildman–Crippen LogP) is 3.50. The molecular formula is C24H33NO8. The molecule has 9 heteroatoms. The third-order valence-corrected chi connectivity index (χ3v) is 5.18. The van der Waals surface area contributed by atoms with E-state index in [0.29, 0.717) is 18.9 Å². The maximum absolute atomic E-state index is 12.9. The molecule has 182 valence electrons. The molecule has 0 radical (unpaired) electrons. The fourth-order valence-corrected chi connectivity index (χ4v) is 3.04. The van der Waals surface area contributed by atoms with Crippen LogP contribution in [0.3, 0.4) is 0 Å². The normalized spacial score (nSPS) is 15.6. The molecule has 0 aliphatic heterocycles. The molecule has 0 spiro atoms. The van der Waals surface area contributed by atoms with Gasteiger partial charge in [-0.05, 0) is 32.1 Å². The first kappa shape index (κ1) is 26.3. The van der Waals surface area contributed by atoms with Crippen molar-refractivity contribution in [3.8, 4) is 11.5 Å². The highest BCUT2D eigenvalue weighted by molar-refractivity contribution is 5.99. The SMILES string of the molecule is C=CC[C@@H](OCC1CC1)[C@H](C)OC(=O)[C@H](C)CC(=O)c1nccc(OC)c1OCOC(C)=O. The van der Waals surface area contributed by atoms with E-state index in [0.717, 1.165) is 0 Å². The monoisotopic (exact) mass is 463 g/mol. The molecule has 1 heterocycles. The number of esters is 2. The van der Waals surface area contributed by atoms with Crippen LogP contribution in [0.4, 0.5) is 0 Å². The molecule has 1 aromatic rings. The Bertz CT molecular complexity index is 836. The fraction of sp³-hybridized carbons (Fsp3) is 0.583. The Morgan fingerprint density at radius 1 is 1.27 bits per heavy atom. The van der Waals surface area contributed by atoms with Crippen molar-refractivity contribution < 1.29 is 38.1 Å². The van der Waals surface area contributed by atoms with Crippen molar-refractivity contribution in [3.05, 3.63) is 30.6 Å². The van der Waals surface area contributed by atoms with Crippen LogP contribution < -0.4 is 9.47 Å². The van der Waals surface area contributed by atoms with E-state index in [1.54, 1.807) is 19.9 Å². The molecular weight excluding hydrogens is 430 g/mol. The van der Waals surface area contributed by atoms with E-state index < -0.39 is 36.5 Å². The first-order valence-electron chi connectivity index (χ1n) is 11.0. The Kier molecular flexibility index (Phi) is 10.3. The fourth-order valence-electron chi connectivity index (χ4n) is 3.04. The maximum atomic E-state index is 12.9. The van der Waals surface area contributed by atoms with Crippen LogP contribution in [0.5, 0.6) is 11.5 Å². The first-order valence-corrected chi connectivity index (χ1v) is 11.0. The molecule has 33 heavy (non-hydrogen) atoms. The van der Waals surface area contributed by atoms with Gasteiger partial charge in [0.15, 0.2) is 23.0 Å². The van der Waals surface area contributed by atoms with Crippen LogP contribution in [0, 0.1) is 11.8 Å². The first-order chi connectivity index (χ1) is 15.8. The summed E-state index contributed by atoms with van der Waals surface area (Å²) in [6.07, 6.45) is 5.11. The molecule has 0 N–H and O–H groups in total. The average Bonchev–Trinajstić information content (AvgIpc) is 3.60. The van der Waals surface area contributed by atoms with Crippen molar-refractivity contribution in [2.75, 3.05) is 20.5 Å². The average molecular weight is 464 g/mol. The summed E-state index contributed by atoms with van der Waals surface area (Å²) in [4.78, 5) is 40.6. The minimum absolute atomic E-state index is 0.0218. The second-order valence-corrected chi connectivity index (χ2v) is 8.10. The van der Waals surface area contributed by atoms with Gasteiger partial charge in [0.2, 0.25) is 6.79 Å². The molecule has 0 saturated heterocycles. The van der Waals surface area contributed by atoms with Crippen LogP contribution in [0.25, 0.3) is 0 Å². The lowest BCUT2D eigenvalue weighted by Crippen LogP contribution is -2.33. The third-order valence-electron chi connectivity index (χ3n) is 5.18. The van der Waals surface area contributed by atoms with Gasteiger partial charge in [-0.25, -0.2) is 4.98 Å². The Morgan fingerprint density at radius 3 is 2.61 bits per heavy atom. The van der Waals surface area contributed by atoms with Gasteiger partial charge in [0.05, 0.1) is 19.1 Å². The zero-order chi connectivity index (χ0) is 24.4. The van der Waals surface area contributed by atoms with Gasteiger partial charge in [0.1, 0.15) is 6.10 Å². The highest BCUT2D eigenvalue weighted by atomic mass is 16.7. The zero-order valence-corrected chi connectivity index (χ0v) is 19.7. The number of ether oxygens (including phenoxy) is 5. The van der Waals surface area contributed by atoms with Crippen LogP contribution in [-0.2, 0) is 23.8 Å². The quantitative estimate of drug-likeness (QED) is 0.167. The Labute approximate surface area is 194 Å². The molecule has 1 aliphatic rings. The molecule has 9 nitrogen and oxygen atoms in total. The number of carbonyl (C=O) groups excluding carboxylic acids is 3. The summed E-state index contributed by atoms with van der Waals surface area (Å²) in [6, 6.07) is 1.51. The molecule has 0 unspecified atom stereocenters. The van der Waals surface area contributed by atoms with Gasteiger partial charge in [0, 0.05) is 32.2 Å². The van der Waals surface area contributed by atoms with E-state index in [1.165, 1.54) is 39.1 Å². The molecule has 1 aromatic heterocycles.